The second-order valence-corrected chi connectivity index (χ2v) is 7.02. The molecule has 0 N–H and O–H groups in total. The molecule has 2 fully saturated rings. The second-order valence-electron chi connectivity index (χ2n) is 7.02. The zero-order valence-electron chi connectivity index (χ0n) is 16.1. The zero-order valence-corrected chi connectivity index (χ0v) is 16.1. The summed E-state index contributed by atoms with van der Waals surface area (Å²) in [6.45, 7) is 6.93. The van der Waals surface area contributed by atoms with Crippen LogP contribution in [0.5, 0.6) is 0 Å². The Balaban J connectivity index is 1.86. The smallest absolute Gasteiger partial charge is 0.281 e. The van der Waals surface area contributed by atoms with E-state index in [4.69, 9.17) is 14.7 Å². The molecule has 2 saturated heterocycles. The molecule has 4 heterocycles. The number of rotatable bonds is 3. The Morgan fingerprint density at radius 3 is 2.37 bits per heavy atom. The van der Waals surface area contributed by atoms with Crippen molar-refractivity contribution in [3.05, 3.63) is 10.4 Å². The van der Waals surface area contributed by atoms with Crippen LogP contribution in [-0.2, 0) is 18.3 Å². The quantitative estimate of drug-likeness (QED) is 0.751. The van der Waals surface area contributed by atoms with Crippen molar-refractivity contribution in [3.8, 4) is 11.8 Å². The molecule has 2 aliphatic rings. The largest absolute Gasteiger partial charge is 0.378 e. The van der Waals surface area contributed by atoms with E-state index in [1.54, 1.807) is 11.6 Å². The van der Waals surface area contributed by atoms with E-state index >= 15 is 0 Å². The van der Waals surface area contributed by atoms with Crippen LogP contribution < -0.4 is 15.4 Å². The van der Waals surface area contributed by atoms with Gasteiger partial charge in [0.25, 0.3) is 5.56 Å². The van der Waals surface area contributed by atoms with Gasteiger partial charge in [-0.2, -0.15) is 9.97 Å². The van der Waals surface area contributed by atoms with Gasteiger partial charge in [-0.1, -0.05) is 5.92 Å². The number of aromatic nitrogens is 4. The van der Waals surface area contributed by atoms with Gasteiger partial charge in [-0.15, -0.1) is 5.92 Å². The number of hydrogen-bond acceptors (Lipinski definition) is 6. The predicted octanol–water partition coefficient (Wildman–Crippen LogP) is 0.980. The molecule has 8 nitrogen and oxygen atoms in total. The number of morpholine rings is 1. The maximum Gasteiger partial charge on any atom is 0.281 e. The van der Waals surface area contributed by atoms with Crippen molar-refractivity contribution < 1.29 is 4.74 Å². The lowest BCUT2D eigenvalue weighted by Crippen LogP contribution is -2.40. The first-order valence-electron chi connectivity index (χ1n) is 9.65. The Morgan fingerprint density at radius 1 is 1.00 bits per heavy atom. The SMILES string of the molecule is CC#CCn1c(N2CCCCC2)nc2nc(N3CCOCC3)n(C)c(=O)c21. The van der Waals surface area contributed by atoms with Crippen molar-refractivity contribution in [2.45, 2.75) is 32.7 Å². The Labute approximate surface area is 158 Å². The highest BCUT2D eigenvalue weighted by molar-refractivity contribution is 5.76. The lowest BCUT2D eigenvalue weighted by molar-refractivity contribution is 0.121. The molecule has 0 aliphatic carbocycles. The van der Waals surface area contributed by atoms with Crippen molar-refractivity contribution in [3.63, 3.8) is 0 Å². The van der Waals surface area contributed by atoms with Gasteiger partial charge >= 0.3 is 0 Å². The van der Waals surface area contributed by atoms with Gasteiger partial charge in [0.2, 0.25) is 11.9 Å². The van der Waals surface area contributed by atoms with Gasteiger partial charge in [-0.05, 0) is 26.2 Å². The van der Waals surface area contributed by atoms with Crippen LogP contribution in [0.1, 0.15) is 26.2 Å². The Morgan fingerprint density at radius 2 is 1.67 bits per heavy atom. The molecular weight excluding hydrogens is 344 g/mol. The summed E-state index contributed by atoms with van der Waals surface area (Å²) in [6.07, 6.45) is 3.53. The molecule has 0 spiro atoms. The molecule has 8 heteroatoms. The van der Waals surface area contributed by atoms with Crippen LogP contribution in [0.3, 0.4) is 0 Å². The van der Waals surface area contributed by atoms with Crippen LogP contribution in [0.4, 0.5) is 11.9 Å². The summed E-state index contributed by atoms with van der Waals surface area (Å²) < 4.78 is 9.00. The number of piperidine rings is 1. The third-order valence-electron chi connectivity index (χ3n) is 5.29. The maximum absolute atomic E-state index is 13.2. The monoisotopic (exact) mass is 370 g/mol. The molecule has 0 unspecified atom stereocenters. The van der Waals surface area contributed by atoms with Gasteiger partial charge in [0.1, 0.15) is 0 Å². The molecular formula is C19H26N6O2. The topological polar surface area (TPSA) is 68.4 Å². The van der Waals surface area contributed by atoms with Crippen molar-refractivity contribution in [2.75, 3.05) is 49.2 Å². The van der Waals surface area contributed by atoms with Crippen molar-refractivity contribution in [1.82, 2.24) is 19.1 Å². The molecule has 0 bridgehead atoms. The fourth-order valence-electron chi connectivity index (χ4n) is 3.83. The molecule has 144 valence electrons. The average molecular weight is 370 g/mol. The highest BCUT2D eigenvalue weighted by Gasteiger charge is 2.24. The first kappa shape index (κ1) is 17.9. The van der Waals surface area contributed by atoms with E-state index in [2.05, 4.69) is 21.6 Å². The highest BCUT2D eigenvalue weighted by Crippen LogP contribution is 2.24. The van der Waals surface area contributed by atoms with E-state index in [-0.39, 0.29) is 5.56 Å². The van der Waals surface area contributed by atoms with Crippen LogP contribution >= 0.6 is 0 Å². The molecule has 2 aliphatic heterocycles. The summed E-state index contributed by atoms with van der Waals surface area (Å²) in [6, 6.07) is 0. The molecule has 0 radical (unpaired) electrons. The van der Waals surface area contributed by atoms with Crippen molar-refractivity contribution in [2.24, 2.45) is 7.05 Å². The van der Waals surface area contributed by atoms with E-state index < -0.39 is 0 Å². The normalized spacial score (nSPS) is 17.9. The summed E-state index contributed by atoms with van der Waals surface area (Å²) in [5, 5.41) is 0. The highest BCUT2D eigenvalue weighted by atomic mass is 16.5. The lowest BCUT2D eigenvalue weighted by Gasteiger charge is -2.28. The number of ether oxygens (including phenoxy) is 1. The molecule has 27 heavy (non-hydrogen) atoms. The van der Waals surface area contributed by atoms with E-state index in [0.717, 1.165) is 45.0 Å². The van der Waals surface area contributed by atoms with E-state index in [0.29, 0.717) is 36.9 Å². The Kier molecular flexibility index (Phi) is 5.03. The standard InChI is InChI=1S/C19H26N6O2/c1-3-4-10-25-15-16(21-19(25)23-8-6-5-7-9-23)20-18(22(2)17(15)26)24-11-13-27-14-12-24/h5-14H2,1-2H3. The maximum atomic E-state index is 13.2. The molecule has 2 aromatic rings. The van der Waals surface area contributed by atoms with Gasteiger partial charge in [0.15, 0.2) is 11.2 Å². The summed E-state index contributed by atoms with van der Waals surface area (Å²) in [7, 11) is 1.78. The molecule has 4 rings (SSSR count). The number of anilines is 2. The molecule has 0 amide bonds. The number of imidazole rings is 1. The van der Waals surface area contributed by atoms with Crippen LogP contribution in [0.25, 0.3) is 11.2 Å². The zero-order chi connectivity index (χ0) is 18.8. The van der Waals surface area contributed by atoms with Crippen molar-refractivity contribution in [1.29, 1.82) is 0 Å². The van der Waals surface area contributed by atoms with E-state index in [1.807, 2.05) is 11.5 Å². The van der Waals surface area contributed by atoms with E-state index in [9.17, 15) is 4.79 Å². The van der Waals surface area contributed by atoms with Crippen LogP contribution in [-0.4, -0.2) is 58.5 Å². The number of fused-ring (bicyclic) bond motifs is 1. The average Bonchev–Trinajstić information content (AvgIpc) is 3.09. The third-order valence-corrected chi connectivity index (χ3v) is 5.29. The summed E-state index contributed by atoms with van der Waals surface area (Å²) in [4.78, 5) is 27.1. The molecule has 0 saturated carbocycles. The van der Waals surface area contributed by atoms with Gasteiger partial charge < -0.3 is 14.5 Å². The molecule has 0 atom stereocenters. The van der Waals surface area contributed by atoms with Crippen LogP contribution in [0.2, 0.25) is 0 Å². The summed E-state index contributed by atoms with van der Waals surface area (Å²) in [5.74, 6) is 7.50. The number of nitrogens with zero attached hydrogens (tertiary/aromatic N) is 6. The van der Waals surface area contributed by atoms with Crippen molar-refractivity contribution >= 4 is 23.1 Å². The molecule has 2 aromatic heterocycles. The fourth-order valence-corrected chi connectivity index (χ4v) is 3.83. The second kappa shape index (κ2) is 7.61. The molecule has 0 aromatic carbocycles. The fraction of sp³-hybridized carbons (Fsp3) is 0.632. The summed E-state index contributed by atoms with van der Waals surface area (Å²) >= 11 is 0. The first-order chi connectivity index (χ1) is 13.2. The predicted molar refractivity (Wildman–Crippen MR) is 105 cm³/mol. The lowest BCUT2D eigenvalue weighted by atomic mass is 10.1. The van der Waals surface area contributed by atoms with Gasteiger partial charge in [0, 0.05) is 33.2 Å². The van der Waals surface area contributed by atoms with Crippen LogP contribution in [0.15, 0.2) is 4.79 Å². The van der Waals surface area contributed by atoms with Gasteiger partial charge in [-0.3, -0.25) is 13.9 Å². The third kappa shape index (κ3) is 3.28. The van der Waals surface area contributed by atoms with Gasteiger partial charge in [-0.25, -0.2) is 0 Å². The van der Waals surface area contributed by atoms with Crippen LogP contribution in [0, 0.1) is 11.8 Å². The number of hydrogen-bond donors (Lipinski definition) is 0. The minimum atomic E-state index is -0.0739. The van der Waals surface area contributed by atoms with E-state index in [1.165, 1.54) is 6.42 Å². The minimum Gasteiger partial charge on any atom is -0.378 e. The Bertz CT molecular complexity index is 939. The van der Waals surface area contributed by atoms with Gasteiger partial charge in [0.05, 0.1) is 19.8 Å². The minimum absolute atomic E-state index is 0.0739. The first-order valence-corrected chi connectivity index (χ1v) is 9.65. The Hall–Kier alpha value is -2.53. The summed E-state index contributed by atoms with van der Waals surface area (Å²) in [5.41, 5.74) is 0.978.